The molecule has 1 saturated carbocycles. The van der Waals surface area contributed by atoms with E-state index in [1.54, 1.807) is 7.11 Å². The summed E-state index contributed by atoms with van der Waals surface area (Å²) in [4.78, 5) is 26.9. The Hall–Kier alpha value is -2.45. The minimum atomic E-state index is -0.460. The molecule has 1 amide bonds. The lowest BCUT2D eigenvalue weighted by atomic mass is 9.94. The van der Waals surface area contributed by atoms with Gasteiger partial charge in [0.2, 0.25) is 5.91 Å². The Morgan fingerprint density at radius 2 is 2.07 bits per heavy atom. The third-order valence-corrected chi connectivity index (χ3v) is 5.43. The van der Waals surface area contributed by atoms with Gasteiger partial charge in [-0.3, -0.25) is 4.79 Å². The van der Waals surface area contributed by atoms with Gasteiger partial charge < -0.3 is 25.0 Å². The maximum atomic E-state index is 12.9. The molecule has 156 valence electrons. The number of rotatable bonds is 8. The molecule has 2 N–H and O–H groups in total. The van der Waals surface area contributed by atoms with Crippen molar-refractivity contribution in [2.45, 2.75) is 32.7 Å². The van der Waals surface area contributed by atoms with Gasteiger partial charge in [0.25, 0.3) is 0 Å². The van der Waals surface area contributed by atoms with Crippen LogP contribution in [0.1, 0.15) is 38.3 Å². The van der Waals surface area contributed by atoms with E-state index in [0.717, 1.165) is 24.1 Å². The summed E-state index contributed by atoms with van der Waals surface area (Å²) in [7, 11) is 1.56. The van der Waals surface area contributed by atoms with Crippen LogP contribution in [0.25, 0.3) is 0 Å². The number of benzene rings is 1. The molecule has 3 rings (SSSR count). The molecule has 0 spiro atoms. The molecule has 0 saturated heterocycles. The molecule has 8 heteroatoms. The second-order valence-electron chi connectivity index (χ2n) is 7.14. The SMILES string of the molecule is CCN1C(=S)NC(c2cccc(NC(=O)C3CC3)c2)C(C(=O)OCCOC)=C1C. The normalized spacial score (nSPS) is 19.1. The predicted octanol–water partition coefficient (Wildman–Crippen LogP) is 2.75. The van der Waals surface area contributed by atoms with Gasteiger partial charge >= 0.3 is 5.97 Å². The molecule has 2 aliphatic rings. The van der Waals surface area contributed by atoms with Gasteiger partial charge in [0, 0.05) is 31.0 Å². The Morgan fingerprint density at radius 3 is 2.72 bits per heavy atom. The van der Waals surface area contributed by atoms with Gasteiger partial charge in [0.05, 0.1) is 18.2 Å². The topological polar surface area (TPSA) is 79.9 Å². The first-order valence-corrected chi connectivity index (χ1v) is 10.2. The van der Waals surface area contributed by atoms with Crippen molar-refractivity contribution in [3.63, 3.8) is 0 Å². The minimum Gasteiger partial charge on any atom is -0.460 e. The lowest BCUT2D eigenvalue weighted by Crippen LogP contribution is -2.47. The smallest absolute Gasteiger partial charge is 0.338 e. The van der Waals surface area contributed by atoms with E-state index >= 15 is 0 Å². The second-order valence-corrected chi connectivity index (χ2v) is 7.53. The van der Waals surface area contributed by atoms with Gasteiger partial charge in [-0.1, -0.05) is 12.1 Å². The first-order valence-electron chi connectivity index (χ1n) is 9.82. The summed E-state index contributed by atoms with van der Waals surface area (Å²) in [6.45, 7) is 4.98. The van der Waals surface area contributed by atoms with E-state index in [0.29, 0.717) is 29.5 Å². The molecule has 1 aromatic carbocycles. The van der Waals surface area contributed by atoms with Crippen molar-refractivity contribution in [1.29, 1.82) is 0 Å². The van der Waals surface area contributed by atoms with Gasteiger partial charge in [0.1, 0.15) is 6.61 Å². The molecule has 1 unspecified atom stereocenters. The number of hydrogen-bond acceptors (Lipinski definition) is 5. The third kappa shape index (κ3) is 4.94. The Kier molecular flexibility index (Phi) is 6.87. The molecule has 29 heavy (non-hydrogen) atoms. The minimum absolute atomic E-state index is 0.0392. The molecule has 0 radical (unpaired) electrons. The van der Waals surface area contributed by atoms with Crippen molar-refractivity contribution >= 4 is 34.9 Å². The lowest BCUT2D eigenvalue weighted by molar-refractivity contribution is -0.140. The van der Waals surface area contributed by atoms with Crippen LogP contribution in [0.2, 0.25) is 0 Å². The van der Waals surface area contributed by atoms with Gasteiger partial charge in [-0.2, -0.15) is 0 Å². The highest BCUT2D eigenvalue weighted by molar-refractivity contribution is 7.80. The molecule has 1 aromatic rings. The van der Waals surface area contributed by atoms with Crippen LogP contribution in [-0.2, 0) is 19.1 Å². The molecule has 7 nitrogen and oxygen atoms in total. The van der Waals surface area contributed by atoms with Crippen LogP contribution in [0, 0.1) is 5.92 Å². The van der Waals surface area contributed by atoms with Crippen molar-refractivity contribution in [3.8, 4) is 0 Å². The fourth-order valence-corrected chi connectivity index (χ4v) is 3.74. The van der Waals surface area contributed by atoms with Crippen LogP contribution in [0.5, 0.6) is 0 Å². The van der Waals surface area contributed by atoms with E-state index in [-0.39, 0.29) is 18.4 Å². The van der Waals surface area contributed by atoms with Crippen molar-refractivity contribution in [2.24, 2.45) is 5.92 Å². The van der Waals surface area contributed by atoms with Crippen LogP contribution in [0.3, 0.4) is 0 Å². The van der Waals surface area contributed by atoms with Crippen LogP contribution in [0.15, 0.2) is 35.5 Å². The number of nitrogens with zero attached hydrogens (tertiary/aromatic N) is 1. The van der Waals surface area contributed by atoms with E-state index in [4.69, 9.17) is 21.7 Å². The Morgan fingerprint density at radius 1 is 1.31 bits per heavy atom. The van der Waals surface area contributed by atoms with E-state index in [2.05, 4.69) is 10.6 Å². The number of amides is 1. The number of carbonyl (C=O) groups is 2. The van der Waals surface area contributed by atoms with E-state index in [1.807, 2.05) is 43.0 Å². The first kappa shape index (κ1) is 21.3. The average Bonchev–Trinajstić information content (AvgIpc) is 3.53. The zero-order chi connectivity index (χ0) is 21.0. The Bertz CT molecular complexity index is 835. The molecular weight excluding hydrogens is 390 g/mol. The number of ether oxygens (including phenoxy) is 2. The molecule has 1 aliphatic carbocycles. The highest BCUT2D eigenvalue weighted by Crippen LogP contribution is 2.33. The van der Waals surface area contributed by atoms with Crippen LogP contribution < -0.4 is 10.6 Å². The molecule has 1 aliphatic heterocycles. The lowest BCUT2D eigenvalue weighted by Gasteiger charge is -2.37. The summed E-state index contributed by atoms with van der Waals surface area (Å²) in [5.74, 6) is -0.256. The Balaban J connectivity index is 1.90. The highest BCUT2D eigenvalue weighted by atomic mass is 32.1. The fourth-order valence-electron chi connectivity index (χ4n) is 3.36. The molecule has 0 aromatic heterocycles. The van der Waals surface area contributed by atoms with Crippen molar-refractivity contribution in [3.05, 3.63) is 41.1 Å². The number of methoxy groups -OCH3 is 1. The summed E-state index contributed by atoms with van der Waals surface area (Å²) in [5, 5.41) is 6.76. The summed E-state index contributed by atoms with van der Waals surface area (Å²) in [6, 6.07) is 7.02. The van der Waals surface area contributed by atoms with E-state index in [9.17, 15) is 9.59 Å². The summed E-state index contributed by atoms with van der Waals surface area (Å²) >= 11 is 5.51. The predicted molar refractivity (Wildman–Crippen MR) is 114 cm³/mol. The van der Waals surface area contributed by atoms with Crippen molar-refractivity contribution in [1.82, 2.24) is 10.2 Å². The molecule has 1 fully saturated rings. The van der Waals surface area contributed by atoms with Crippen LogP contribution >= 0.6 is 12.2 Å². The van der Waals surface area contributed by atoms with Crippen LogP contribution in [-0.4, -0.2) is 48.8 Å². The highest BCUT2D eigenvalue weighted by Gasteiger charge is 2.34. The average molecular weight is 418 g/mol. The number of thiocarbonyl (C=S) groups is 1. The quantitative estimate of drug-likeness (QED) is 0.382. The maximum absolute atomic E-state index is 12.9. The number of esters is 1. The number of nitrogens with one attached hydrogen (secondary N) is 2. The number of carbonyl (C=O) groups excluding carboxylic acids is 2. The van der Waals surface area contributed by atoms with Gasteiger partial charge in [-0.05, 0) is 56.6 Å². The first-order chi connectivity index (χ1) is 14.0. The maximum Gasteiger partial charge on any atom is 0.338 e. The zero-order valence-corrected chi connectivity index (χ0v) is 17.8. The Labute approximate surface area is 176 Å². The zero-order valence-electron chi connectivity index (χ0n) is 17.0. The van der Waals surface area contributed by atoms with Gasteiger partial charge in [-0.15, -0.1) is 0 Å². The number of allylic oxidation sites excluding steroid dienone is 1. The van der Waals surface area contributed by atoms with Crippen LogP contribution in [0.4, 0.5) is 5.69 Å². The van der Waals surface area contributed by atoms with Crippen molar-refractivity contribution in [2.75, 3.05) is 32.2 Å². The number of hydrogen-bond donors (Lipinski definition) is 2. The van der Waals surface area contributed by atoms with E-state index in [1.165, 1.54) is 0 Å². The second kappa shape index (κ2) is 9.37. The summed E-state index contributed by atoms with van der Waals surface area (Å²) in [5.41, 5.74) is 2.79. The largest absolute Gasteiger partial charge is 0.460 e. The molecule has 1 atom stereocenters. The summed E-state index contributed by atoms with van der Waals surface area (Å²) < 4.78 is 10.4. The van der Waals surface area contributed by atoms with Gasteiger partial charge in [0.15, 0.2) is 5.11 Å². The number of anilines is 1. The molecular formula is C21H27N3O4S. The molecule has 0 bridgehead atoms. The van der Waals surface area contributed by atoms with Crippen molar-refractivity contribution < 1.29 is 19.1 Å². The monoisotopic (exact) mass is 417 g/mol. The molecule has 1 heterocycles. The van der Waals surface area contributed by atoms with Gasteiger partial charge in [-0.25, -0.2) is 4.79 Å². The third-order valence-electron chi connectivity index (χ3n) is 5.09. The fraction of sp³-hybridized carbons (Fsp3) is 0.476. The van der Waals surface area contributed by atoms with E-state index < -0.39 is 12.0 Å². The summed E-state index contributed by atoms with van der Waals surface area (Å²) in [6.07, 6.45) is 1.88. The standard InChI is InChI=1S/C21H27N3O4S/c1-4-24-13(2)17(20(26)28-11-10-27-3)18(23-21(24)29)15-6-5-7-16(12-15)22-19(25)14-8-9-14/h5-7,12,14,18H,4,8-11H2,1-3H3,(H,22,25)(H,23,29).